The van der Waals surface area contributed by atoms with Gasteiger partial charge in [0.2, 0.25) is 5.91 Å². The van der Waals surface area contributed by atoms with Crippen LogP contribution >= 0.6 is 0 Å². The molecular weight excluding hydrogens is 238 g/mol. The lowest BCUT2D eigenvalue weighted by Crippen LogP contribution is -2.56. The van der Waals surface area contributed by atoms with Crippen molar-refractivity contribution in [3.63, 3.8) is 0 Å². The van der Waals surface area contributed by atoms with Crippen molar-refractivity contribution in [2.75, 3.05) is 19.6 Å². The zero-order valence-corrected chi connectivity index (χ0v) is 10.6. The van der Waals surface area contributed by atoms with Crippen molar-refractivity contribution < 1.29 is 19.5 Å². The smallest absolute Gasteiger partial charge is 0.326 e. The van der Waals surface area contributed by atoms with Crippen LogP contribution in [0.1, 0.15) is 20.3 Å². The van der Waals surface area contributed by atoms with E-state index in [9.17, 15) is 14.4 Å². The lowest BCUT2D eigenvalue weighted by molar-refractivity contribution is -0.140. The van der Waals surface area contributed by atoms with Gasteiger partial charge in [0.25, 0.3) is 0 Å². The van der Waals surface area contributed by atoms with Crippen LogP contribution in [-0.2, 0) is 9.59 Å². The molecule has 1 fully saturated rings. The number of piperazine rings is 1. The molecule has 7 heteroatoms. The quantitative estimate of drug-likeness (QED) is 0.639. The molecule has 102 valence electrons. The molecule has 0 bridgehead atoms. The lowest BCUT2D eigenvalue weighted by atomic mass is 9.99. The lowest BCUT2D eigenvalue weighted by Gasteiger charge is -2.29. The fourth-order valence-electron chi connectivity index (χ4n) is 1.72. The van der Waals surface area contributed by atoms with E-state index >= 15 is 0 Å². The molecule has 1 heterocycles. The highest BCUT2D eigenvalue weighted by molar-refractivity contribution is 5.87. The number of hydrogen-bond donors (Lipinski definition) is 3. The number of hydrogen-bond acceptors (Lipinski definition) is 3. The first kappa shape index (κ1) is 14.3. The summed E-state index contributed by atoms with van der Waals surface area (Å²) in [5.41, 5.74) is 0. The normalized spacial score (nSPS) is 18.8. The minimum absolute atomic E-state index is 0.0291. The van der Waals surface area contributed by atoms with Gasteiger partial charge in [-0.3, -0.25) is 4.79 Å². The Bertz CT molecular complexity index is 345. The van der Waals surface area contributed by atoms with Crippen LogP contribution in [0.5, 0.6) is 0 Å². The molecule has 1 aliphatic heterocycles. The van der Waals surface area contributed by atoms with Crippen LogP contribution in [-0.4, -0.2) is 53.6 Å². The Morgan fingerprint density at radius 3 is 2.72 bits per heavy atom. The second-order valence-electron chi connectivity index (χ2n) is 4.42. The maximum Gasteiger partial charge on any atom is 0.326 e. The number of rotatable bonds is 4. The molecule has 1 saturated heterocycles. The minimum Gasteiger partial charge on any atom is -0.480 e. The number of carbonyl (C=O) groups excluding carboxylic acids is 2. The Balaban J connectivity index is 2.60. The molecule has 7 nitrogen and oxygen atoms in total. The summed E-state index contributed by atoms with van der Waals surface area (Å²) in [4.78, 5) is 35.4. The summed E-state index contributed by atoms with van der Waals surface area (Å²) in [6.45, 7) is 4.39. The Morgan fingerprint density at radius 1 is 1.56 bits per heavy atom. The van der Waals surface area contributed by atoms with Crippen LogP contribution < -0.4 is 10.6 Å². The van der Waals surface area contributed by atoms with Gasteiger partial charge in [-0.25, -0.2) is 9.59 Å². The molecule has 3 amide bonds. The molecule has 1 aliphatic rings. The van der Waals surface area contributed by atoms with E-state index in [1.807, 2.05) is 6.92 Å². The van der Waals surface area contributed by atoms with Crippen molar-refractivity contribution in [3.8, 4) is 0 Å². The van der Waals surface area contributed by atoms with Crippen molar-refractivity contribution in [2.24, 2.45) is 5.92 Å². The van der Waals surface area contributed by atoms with Gasteiger partial charge < -0.3 is 20.6 Å². The number of nitrogens with zero attached hydrogens (tertiary/aromatic N) is 1. The predicted molar refractivity (Wildman–Crippen MR) is 64.0 cm³/mol. The van der Waals surface area contributed by atoms with Gasteiger partial charge in [-0.05, 0) is 5.92 Å². The summed E-state index contributed by atoms with van der Waals surface area (Å²) in [7, 11) is 0. The molecule has 1 rings (SSSR count). The molecule has 18 heavy (non-hydrogen) atoms. The molecule has 0 aliphatic carbocycles. The van der Waals surface area contributed by atoms with E-state index in [0.717, 1.165) is 0 Å². The monoisotopic (exact) mass is 257 g/mol. The number of amides is 3. The SMILES string of the molecule is CCC(C)C(NC(=O)N1CCNC(=O)C1)C(=O)O. The predicted octanol–water partition coefficient (Wildman–Crippen LogP) is -0.373. The van der Waals surface area contributed by atoms with Crippen LogP contribution in [0.2, 0.25) is 0 Å². The minimum atomic E-state index is -1.06. The van der Waals surface area contributed by atoms with Gasteiger partial charge in [-0.15, -0.1) is 0 Å². The van der Waals surface area contributed by atoms with Gasteiger partial charge in [0.05, 0.1) is 0 Å². The second-order valence-corrected chi connectivity index (χ2v) is 4.42. The summed E-state index contributed by atoms with van der Waals surface area (Å²) in [6.07, 6.45) is 0.651. The molecule has 2 unspecified atom stereocenters. The number of carboxylic acids is 1. The zero-order valence-electron chi connectivity index (χ0n) is 10.6. The summed E-state index contributed by atoms with van der Waals surface area (Å²) in [5.74, 6) is -1.45. The van der Waals surface area contributed by atoms with Crippen LogP contribution in [0.4, 0.5) is 4.79 Å². The third-order valence-electron chi connectivity index (χ3n) is 3.08. The van der Waals surface area contributed by atoms with Gasteiger partial charge in [-0.2, -0.15) is 0 Å². The van der Waals surface area contributed by atoms with Crippen molar-refractivity contribution >= 4 is 17.9 Å². The number of nitrogens with one attached hydrogen (secondary N) is 2. The van der Waals surface area contributed by atoms with E-state index in [1.54, 1.807) is 6.92 Å². The summed E-state index contributed by atoms with van der Waals surface area (Å²) in [6, 6.07) is -1.43. The number of carboxylic acid groups (broad SMARTS) is 1. The second kappa shape index (κ2) is 6.23. The van der Waals surface area contributed by atoms with Gasteiger partial charge in [0, 0.05) is 13.1 Å². The van der Waals surface area contributed by atoms with Crippen molar-refractivity contribution in [3.05, 3.63) is 0 Å². The van der Waals surface area contributed by atoms with E-state index in [0.29, 0.717) is 19.5 Å². The molecular formula is C11H19N3O4. The van der Waals surface area contributed by atoms with Crippen LogP contribution in [0, 0.1) is 5.92 Å². The average Bonchev–Trinajstić information content (AvgIpc) is 2.34. The largest absolute Gasteiger partial charge is 0.480 e. The van der Waals surface area contributed by atoms with Gasteiger partial charge in [-0.1, -0.05) is 20.3 Å². The Kier molecular flexibility index (Phi) is 4.94. The van der Waals surface area contributed by atoms with Crippen molar-refractivity contribution in [1.29, 1.82) is 0 Å². The topological polar surface area (TPSA) is 98.7 Å². The number of urea groups is 1. The molecule has 0 radical (unpaired) electrons. The molecule has 0 spiro atoms. The highest BCUT2D eigenvalue weighted by atomic mass is 16.4. The van der Waals surface area contributed by atoms with Gasteiger partial charge >= 0.3 is 12.0 Å². The highest BCUT2D eigenvalue weighted by Crippen LogP contribution is 2.08. The first-order valence-electron chi connectivity index (χ1n) is 6.00. The van der Waals surface area contributed by atoms with Crippen LogP contribution in [0.3, 0.4) is 0 Å². The fraction of sp³-hybridized carbons (Fsp3) is 0.727. The van der Waals surface area contributed by atoms with Crippen molar-refractivity contribution in [2.45, 2.75) is 26.3 Å². The fourth-order valence-corrected chi connectivity index (χ4v) is 1.72. The Hall–Kier alpha value is -1.79. The maximum absolute atomic E-state index is 11.9. The van der Waals surface area contributed by atoms with Gasteiger partial charge in [0.1, 0.15) is 12.6 Å². The average molecular weight is 257 g/mol. The third-order valence-corrected chi connectivity index (χ3v) is 3.08. The zero-order chi connectivity index (χ0) is 13.7. The van der Waals surface area contributed by atoms with E-state index in [-0.39, 0.29) is 18.4 Å². The molecule has 3 N–H and O–H groups in total. The summed E-state index contributed by atoms with van der Waals surface area (Å²) in [5, 5.41) is 14.1. The summed E-state index contributed by atoms with van der Waals surface area (Å²) < 4.78 is 0. The van der Waals surface area contributed by atoms with Crippen molar-refractivity contribution in [1.82, 2.24) is 15.5 Å². The van der Waals surface area contributed by atoms with E-state index in [2.05, 4.69) is 10.6 Å². The van der Waals surface area contributed by atoms with E-state index in [1.165, 1.54) is 4.90 Å². The first-order valence-corrected chi connectivity index (χ1v) is 6.00. The van der Waals surface area contributed by atoms with Crippen LogP contribution in [0.25, 0.3) is 0 Å². The molecule has 0 aromatic rings. The maximum atomic E-state index is 11.9. The van der Waals surface area contributed by atoms with Crippen LogP contribution in [0.15, 0.2) is 0 Å². The Labute approximate surface area is 106 Å². The Morgan fingerprint density at radius 2 is 2.22 bits per heavy atom. The highest BCUT2D eigenvalue weighted by Gasteiger charge is 2.29. The first-order chi connectivity index (χ1) is 8.45. The number of aliphatic carboxylic acids is 1. The van der Waals surface area contributed by atoms with E-state index < -0.39 is 18.0 Å². The molecule has 0 saturated carbocycles. The number of carbonyl (C=O) groups is 3. The van der Waals surface area contributed by atoms with Gasteiger partial charge in [0.15, 0.2) is 0 Å². The van der Waals surface area contributed by atoms with E-state index in [4.69, 9.17) is 5.11 Å². The third kappa shape index (κ3) is 3.61. The summed E-state index contributed by atoms with van der Waals surface area (Å²) >= 11 is 0. The standard InChI is InChI=1S/C11H19N3O4/c1-3-7(2)9(10(16)17)13-11(18)14-5-4-12-8(15)6-14/h7,9H,3-6H2,1-2H3,(H,12,15)(H,13,18)(H,16,17). The molecule has 2 atom stereocenters. The molecule has 0 aromatic carbocycles. The molecule has 0 aromatic heterocycles.